The molecule has 0 unspecified atom stereocenters. The molecule has 2 aliphatic heterocycles. The summed E-state index contributed by atoms with van der Waals surface area (Å²) in [4.78, 5) is 21.5. The lowest BCUT2D eigenvalue weighted by Gasteiger charge is -2.37. The molecule has 0 saturated carbocycles. The van der Waals surface area contributed by atoms with Crippen LogP contribution in [0.1, 0.15) is 29.8 Å². The number of hydrogen-bond donors (Lipinski definition) is 1. The first-order valence-electron chi connectivity index (χ1n) is 10.7. The summed E-state index contributed by atoms with van der Waals surface area (Å²) in [6.45, 7) is 5.89. The molecule has 9 heteroatoms. The zero-order chi connectivity index (χ0) is 22.8. The number of fused-ring (bicyclic) bond motifs is 2. The molecule has 1 aromatic heterocycles. The fourth-order valence-corrected chi connectivity index (χ4v) is 4.35. The highest BCUT2D eigenvalue weighted by Crippen LogP contribution is 2.33. The summed E-state index contributed by atoms with van der Waals surface area (Å²) in [5, 5.41) is 9.72. The Kier molecular flexibility index (Phi) is 6.88. The number of hydrogen-bond acceptors (Lipinski definition) is 7. The van der Waals surface area contributed by atoms with Crippen LogP contribution < -0.4 is 14.2 Å². The van der Waals surface area contributed by atoms with E-state index in [0.717, 1.165) is 17.1 Å². The van der Waals surface area contributed by atoms with E-state index in [1.807, 2.05) is 32.2 Å². The number of halogens is 1. The van der Waals surface area contributed by atoms with Crippen molar-refractivity contribution in [2.75, 3.05) is 33.5 Å². The lowest BCUT2D eigenvalue weighted by molar-refractivity contribution is 0.0325. The van der Waals surface area contributed by atoms with E-state index in [4.69, 9.17) is 14.2 Å². The maximum Gasteiger partial charge on any atom is 0.259 e. The topological polar surface area (TPSA) is 84.4 Å². The molecule has 1 aromatic carbocycles. The number of carbonyl (C=O) groups excluding carboxylic acids is 1. The minimum absolute atomic E-state index is 0.0331. The van der Waals surface area contributed by atoms with Crippen molar-refractivity contribution in [3.63, 3.8) is 0 Å². The first-order valence-corrected chi connectivity index (χ1v) is 11.5. The third-order valence-corrected chi connectivity index (χ3v) is 6.30. The zero-order valence-corrected chi connectivity index (χ0v) is 20.0. The Labute approximate surface area is 196 Å². The van der Waals surface area contributed by atoms with Crippen molar-refractivity contribution in [2.45, 2.75) is 32.5 Å². The van der Waals surface area contributed by atoms with Gasteiger partial charge < -0.3 is 24.2 Å². The second-order valence-corrected chi connectivity index (χ2v) is 9.43. The van der Waals surface area contributed by atoms with Gasteiger partial charge in [0.25, 0.3) is 5.91 Å². The number of aliphatic hydroxyl groups is 1. The van der Waals surface area contributed by atoms with Gasteiger partial charge in [-0.25, -0.2) is 4.98 Å². The van der Waals surface area contributed by atoms with Crippen LogP contribution in [-0.2, 0) is 6.54 Å². The van der Waals surface area contributed by atoms with Crippen molar-refractivity contribution >= 4 is 21.8 Å². The highest BCUT2D eigenvalue weighted by molar-refractivity contribution is 9.10. The van der Waals surface area contributed by atoms with Gasteiger partial charge in [0, 0.05) is 36.2 Å². The first-order chi connectivity index (χ1) is 15.4. The van der Waals surface area contributed by atoms with Gasteiger partial charge >= 0.3 is 0 Å². The van der Waals surface area contributed by atoms with Crippen LogP contribution in [0.3, 0.4) is 0 Å². The van der Waals surface area contributed by atoms with Gasteiger partial charge in [-0.3, -0.25) is 9.69 Å². The molecule has 3 atom stereocenters. The van der Waals surface area contributed by atoms with Gasteiger partial charge in [0.1, 0.15) is 11.7 Å². The Morgan fingerprint density at radius 2 is 2.09 bits per heavy atom. The maximum absolute atomic E-state index is 13.2. The van der Waals surface area contributed by atoms with E-state index in [2.05, 4.69) is 32.7 Å². The van der Waals surface area contributed by atoms with E-state index in [0.29, 0.717) is 35.6 Å². The summed E-state index contributed by atoms with van der Waals surface area (Å²) in [6.07, 6.45) is 1.44. The predicted molar refractivity (Wildman–Crippen MR) is 122 cm³/mol. The molecule has 32 heavy (non-hydrogen) atoms. The molecule has 0 aliphatic carbocycles. The van der Waals surface area contributed by atoms with E-state index in [9.17, 15) is 9.90 Å². The zero-order valence-electron chi connectivity index (χ0n) is 18.5. The normalized spacial score (nSPS) is 21.1. The van der Waals surface area contributed by atoms with E-state index in [-0.39, 0.29) is 37.4 Å². The smallest absolute Gasteiger partial charge is 0.259 e. The Morgan fingerprint density at radius 3 is 2.88 bits per heavy atom. The number of aromatic nitrogens is 1. The maximum atomic E-state index is 13.2. The third-order valence-electron chi connectivity index (χ3n) is 5.87. The standard InChI is InChI=1S/C23H28BrN3O5/c1-14-9-27(15(2)12-28)23(29)18-7-17(24)8-25-22(18)32-21(14)11-26(3)10-16-4-5-19-20(6-16)31-13-30-19/h4-8,14-15,21,28H,9-13H2,1-3H3/t14-,15-,21+/m1/s1. The lowest BCUT2D eigenvalue weighted by Crippen LogP contribution is -2.49. The van der Waals surface area contributed by atoms with Crippen LogP contribution in [0.25, 0.3) is 0 Å². The number of likely N-dealkylation sites (N-methyl/N-ethyl adjacent to an activating group) is 1. The number of rotatable bonds is 6. The minimum atomic E-state index is -0.304. The van der Waals surface area contributed by atoms with E-state index in [1.165, 1.54) is 0 Å². The van der Waals surface area contributed by atoms with Crippen LogP contribution in [0.15, 0.2) is 34.9 Å². The molecular formula is C23H28BrN3O5. The second kappa shape index (κ2) is 9.64. The fourth-order valence-electron chi connectivity index (χ4n) is 4.02. The van der Waals surface area contributed by atoms with Crippen LogP contribution >= 0.6 is 15.9 Å². The van der Waals surface area contributed by atoms with Crippen LogP contribution in [0.5, 0.6) is 17.4 Å². The highest BCUT2D eigenvalue weighted by atomic mass is 79.9. The molecule has 2 aromatic rings. The average molecular weight is 506 g/mol. The Morgan fingerprint density at radius 1 is 1.31 bits per heavy atom. The lowest BCUT2D eigenvalue weighted by atomic mass is 10.00. The van der Waals surface area contributed by atoms with Gasteiger partial charge in [-0.05, 0) is 53.7 Å². The summed E-state index contributed by atoms with van der Waals surface area (Å²) in [5.74, 6) is 1.70. The molecule has 0 saturated heterocycles. The molecule has 4 rings (SSSR count). The molecule has 3 heterocycles. The molecule has 0 spiro atoms. The summed E-state index contributed by atoms with van der Waals surface area (Å²) in [7, 11) is 2.04. The number of nitrogens with zero attached hydrogens (tertiary/aromatic N) is 3. The molecule has 1 amide bonds. The van der Waals surface area contributed by atoms with Crippen molar-refractivity contribution in [1.29, 1.82) is 0 Å². The first kappa shape index (κ1) is 22.8. The van der Waals surface area contributed by atoms with Gasteiger partial charge in [-0.15, -0.1) is 0 Å². The van der Waals surface area contributed by atoms with Crippen LogP contribution in [0.4, 0.5) is 0 Å². The molecule has 0 radical (unpaired) electrons. The van der Waals surface area contributed by atoms with Crippen LogP contribution in [0, 0.1) is 5.92 Å². The third kappa shape index (κ3) is 4.84. The number of pyridine rings is 1. The van der Waals surface area contributed by atoms with Crippen molar-refractivity contribution in [3.8, 4) is 17.4 Å². The van der Waals surface area contributed by atoms with Gasteiger partial charge in [-0.2, -0.15) is 0 Å². The Balaban J connectivity index is 1.54. The van der Waals surface area contributed by atoms with Gasteiger partial charge in [0.05, 0.1) is 12.6 Å². The summed E-state index contributed by atoms with van der Waals surface area (Å²) in [5.41, 5.74) is 1.51. The number of carbonyl (C=O) groups is 1. The van der Waals surface area contributed by atoms with Gasteiger partial charge in [0.2, 0.25) is 12.7 Å². The van der Waals surface area contributed by atoms with Crippen molar-refractivity contribution in [1.82, 2.24) is 14.8 Å². The molecule has 0 bridgehead atoms. The Bertz CT molecular complexity index is 988. The molecule has 0 fully saturated rings. The number of ether oxygens (including phenoxy) is 3. The molecule has 1 N–H and O–H groups in total. The number of amides is 1. The molecular weight excluding hydrogens is 478 g/mol. The van der Waals surface area contributed by atoms with Crippen LogP contribution in [-0.4, -0.2) is 71.5 Å². The summed E-state index contributed by atoms with van der Waals surface area (Å²) < 4.78 is 17.9. The number of benzene rings is 1. The average Bonchev–Trinajstić information content (AvgIpc) is 3.24. The highest BCUT2D eigenvalue weighted by Gasteiger charge is 2.34. The van der Waals surface area contributed by atoms with E-state index < -0.39 is 0 Å². The number of aliphatic hydroxyl groups excluding tert-OH is 1. The van der Waals surface area contributed by atoms with E-state index >= 15 is 0 Å². The minimum Gasteiger partial charge on any atom is -0.472 e. The predicted octanol–water partition coefficient (Wildman–Crippen LogP) is 2.92. The molecule has 172 valence electrons. The van der Waals surface area contributed by atoms with Crippen molar-refractivity contribution in [2.24, 2.45) is 5.92 Å². The summed E-state index contributed by atoms with van der Waals surface area (Å²) in [6, 6.07) is 7.38. The monoisotopic (exact) mass is 505 g/mol. The van der Waals surface area contributed by atoms with Crippen molar-refractivity contribution in [3.05, 3.63) is 46.1 Å². The quantitative estimate of drug-likeness (QED) is 0.645. The van der Waals surface area contributed by atoms with Crippen LogP contribution in [0.2, 0.25) is 0 Å². The van der Waals surface area contributed by atoms with Gasteiger partial charge in [0.15, 0.2) is 11.5 Å². The van der Waals surface area contributed by atoms with E-state index in [1.54, 1.807) is 17.2 Å². The SMILES string of the molecule is C[C@@H]1CN([C@H](C)CO)C(=O)c2cc(Br)cnc2O[C@H]1CN(C)Cc1ccc2c(c1)OCO2. The molecule has 8 nitrogen and oxygen atoms in total. The fraction of sp³-hybridized carbons (Fsp3) is 0.478. The van der Waals surface area contributed by atoms with Crippen molar-refractivity contribution < 1.29 is 24.1 Å². The summed E-state index contributed by atoms with van der Waals surface area (Å²) >= 11 is 3.40. The van der Waals surface area contributed by atoms with Gasteiger partial charge in [-0.1, -0.05) is 13.0 Å². The second-order valence-electron chi connectivity index (χ2n) is 8.51. The Hall–Kier alpha value is -2.36. The largest absolute Gasteiger partial charge is 0.472 e. The molecule has 2 aliphatic rings.